The number of ether oxygens (including phenoxy) is 2. The average molecular weight is 673 g/mol. The van der Waals surface area contributed by atoms with Crippen LogP contribution in [0.2, 0.25) is 0 Å². The van der Waals surface area contributed by atoms with Crippen molar-refractivity contribution in [1.29, 1.82) is 0 Å². The van der Waals surface area contributed by atoms with Gasteiger partial charge >= 0.3 is 11.9 Å². The number of cyclic esters (lactones) is 2. The van der Waals surface area contributed by atoms with Gasteiger partial charge in [-0.15, -0.1) is 0 Å². The molecule has 1 spiro atoms. The smallest absolute Gasteiger partial charge is 0.340 e. The molecule has 2 bridgehead atoms. The fourth-order valence-electron chi connectivity index (χ4n) is 10.8. The van der Waals surface area contributed by atoms with E-state index in [4.69, 9.17) is 9.47 Å². The van der Waals surface area contributed by atoms with Crippen LogP contribution >= 0.6 is 0 Å². The predicted octanol–water partition coefficient (Wildman–Crippen LogP) is 10.9. The maximum Gasteiger partial charge on any atom is 0.340 e. The van der Waals surface area contributed by atoms with Gasteiger partial charge in [-0.1, -0.05) is 89.3 Å². The van der Waals surface area contributed by atoms with E-state index in [2.05, 4.69) is 45.1 Å². The van der Waals surface area contributed by atoms with Gasteiger partial charge in [0.25, 0.3) is 0 Å². The van der Waals surface area contributed by atoms with Crippen LogP contribution in [0, 0.1) is 40.9 Å². The zero-order valence-corrected chi connectivity index (χ0v) is 30.0. The van der Waals surface area contributed by atoms with Crippen LogP contribution in [0.4, 0.5) is 0 Å². The van der Waals surface area contributed by atoms with E-state index in [1.807, 2.05) is 30.3 Å². The molecule has 2 aromatic rings. The summed E-state index contributed by atoms with van der Waals surface area (Å²) in [6.07, 6.45) is 18.3. The van der Waals surface area contributed by atoms with Gasteiger partial charge in [0.15, 0.2) is 0 Å². The standard InChI is InChI=1S/C45H52O5/c1-4-28(18-17-27(2)3)25-38-45-24-23-33(34-21-22-35-37(49-43(47)40(35)41(34)45)16-10-13-29-11-8-9-12-29)39(42(45)44(48)50-38)36-26-31(46)19-20-32(36)30-14-6-5-7-15-30/h5-7,14-16,19-20,25-29,33-34,41,46H,4,8-13,17-18,21-24H2,1-3H3/t28-,33+,34+,41+,45+/m0/s1. The highest BCUT2D eigenvalue weighted by Crippen LogP contribution is 2.72. The van der Waals surface area contributed by atoms with Crippen molar-refractivity contribution in [2.75, 3.05) is 0 Å². The van der Waals surface area contributed by atoms with E-state index in [1.54, 1.807) is 6.07 Å². The number of fused-ring (bicyclic) bond motifs is 1. The molecule has 9 rings (SSSR count). The number of hydrogen-bond donors (Lipinski definition) is 1. The van der Waals surface area contributed by atoms with Gasteiger partial charge in [0.05, 0.1) is 11.0 Å². The number of phenols is 1. The molecule has 1 N–H and O–H groups in total. The van der Waals surface area contributed by atoms with E-state index in [0.29, 0.717) is 11.5 Å². The molecule has 2 aliphatic heterocycles. The second-order valence-corrected chi connectivity index (χ2v) is 16.3. The molecule has 50 heavy (non-hydrogen) atoms. The minimum Gasteiger partial charge on any atom is -0.508 e. The van der Waals surface area contributed by atoms with E-state index >= 15 is 0 Å². The molecule has 7 aliphatic rings. The van der Waals surface area contributed by atoms with Crippen LogP contribution in [0.15, 0.2) is 88.9 Å². The molecule has 0 aromatic heterocycles. The summed E-state index contributed by atoms with van der Waals surface area (Å²) in [5.41, 5.74) is 5.81. The highest BCUT2D eigenvalue weighted by Gasteiger charge is 2.68. The number of benzene rings is 2. The first-order valence-electron chi connectivity index (χ1n) is 19.5. The Morgan fingerprint density at radius 3 is 2.48 bits per heavy atom. The summed E-state index contributed by atoms with van der Waals surface area (Å²) >= 11 is 0. The molecule has 2 saturated carbocycles. The van der Waals surface area contributed by atoms with Gasteiger partial charge in [0.2, 0.25) is 0 Å². The third kappa shape index (κ3) is 5.51. The molecule has 0 radical (unpaired) electrons. The summed E-state index contributed by atoms with van der Waals surface area (Å²) < 4.78 is 12.7. The summed E-state index contributed by atoms with van der Waals surface area (Å²) in [4.78, 5) is 28.6. The Kier molecular flexibility index (Phi) is 8.89. The van der Waals surface area contributed by atoms with Gasteiger partial charge < -0.3 is 14.6 Å². The number of allylic oxidation sites excluding steroid dienone is 5. The minimum atomic E-state index is -0.740. The lowest BCUT2D eigenvalue weighted by atomic mass is 9.44. The number of aromatic hydroxyl groups is 1. The molecule has 5 nitrogen and oxygen atoms in total. The Labute approximate surface area is 297 Å². The maximum atomic E-state index is 14.5. The van der Waals surface area contributed by atoms with E-state index < -0.39 is 5.41 Å². The van der Waals surface area contributed by atoms with Crippen molar-refractivity contribution in [3.63, 3.8) is 0 Å². The second-order valence-electron chi connectivity index (χ2n) is 16.3. The Bertz CT molecular complexity index is 1800. The largest absolute Gasteiger partial charge is 0.508 e. The molecule has 1 saturated heterocycles. The van der Waals surface area contributed by atoms with Crippen LogP contribution in [0.25, 0.3) is 16.7 Å². The van der Waals surface area contributed by atoms with Crippen LogP contribution in [0.1, 0.15) is 110 Å². The highest BCUT2D eigenvalue weighted by atomic mass is 16.5. The molecule has 262 valence electrons. The number of rotatable bonds is 10. The summed E-state index contributed by atoms with van der Waals surface area (Å²) in [7, 11) is 0. The van der Waals surface area contributed by atoms with Crippen molar-refractivity contribution >= 4 is 17.5 Å². The first kappa shape index (κ1) is 33.3. The predicted molar refractivity (Wildman–Crippen MR) is 196 cm³/mol. The topological polar surface area (TPSA) is 72.8 Å². The quantitative estimate of drug-likeness (QED) is 0.254. The molecular weight excluding hydrogens is 620 g/mol. The number of esters is 2. The fraction of sp³-hybridized carbons (Fsp3) is 0.511. The van der Waals surface area contributed by atoms with Crippen LogP contribution in [-0.2, 0) is 19.1 Å². The SMILES string of the molecule is CC[C@H](C=C1OC(=O)C2=C(c3cc(O)ccc3-c3ccccc3)[C@@H]3CC[C@]12[C@H]1C2=C(CC[C@H]31)C(=CCCC1CCCC1)OC2=O)CCC(C)C. The van der Waals surface area contributed by atoms with Crippen molar-refractivity contribution in [3.8, 4) is 16.9 Å². The molecule has 5 aliphatic carbocycles. The van der Waals surface area contributed by atoms with Crippen LogP contribution in [0.5, 0.6) is 5.75 Å². The summed E-state index contributed by atoms with van der Waals surface area (Å²) in [5.74, 6) is 2.87. The lowest BCUT2D eigenvalue weighted by molar-refractivity contribution is -0.135. The van der Waals surface area contributed by atoms with E-state index in [-0.39, 0.29) is 41.4 Å². The van der Waals surface area contributed by atoms with Crippen molar-refractivity contribution in [3.05, 3.63) is 94.5 Å². The molecule has 0 unspecified atom stereocenters. The number of phenolic OH excluding ortho intramolecular Hbond substituents is 1. The number of carbonyl (C=O) groups is 2. The van der Waals surface area contributed by atoms with Crippen LogP contribution in [-0.4, -0.2) is 17.0 Å². The third-order valence-electron chi connectivity index (χ3n) is 13.1. The molecule has 2 aromatic carbocycles. The lowest BCUT2D eigenvalue weighted by Crippen LogP contribution is -2.52. The highest BCUT2D eigenvalue weighted by molar-refractivity contribution is 6.07. The third-order valence-corrected chi connectivity index (χ3v) is 13.1. The average Bonchev–Trinajstić information content (AvgIpc) is 3.83. The number of carbonyl (C=O) groups excluding carboxylic acids is 2. The Hall–Kier alpha value is -3.86. The number of hydrogen-bond acceptors (Lipinski definition) is 5. The zero-order chi connectivity index (χ0) is 34.6. The van der Waals surface area contributed by atoms with Gasteiger partial charge in [-0.05, 0) is 128 Å². The Morgan fingerprint density at radius 1 is 0.920 bits per heavy atom. The Balaban J connectivity index is 1.30. The maximum absolute atomic E-state index is 14.5. The Morgan fingerprint density at radius 2 is 1.72 bits per heavy atom. The minimum absolute atomic E-state index is 0.0631. The molecule has 5 heteroatoms. The molecule has 5 atom stereocenters. The van der Waals surface area contributed by atoms with Crippen LogP contribution < -0.4 is 0 Å². The van der Waals surface area contributed by atoms with Crippen molar-refractivity contribution in [2.24, 2.45) is 40.9 Å². The molecule has 2 heterocycles. The van der Waals surface area contributed by atoms with E-state index in [1.165, 1.54) is 25.7 Å². The van der Waals surface area contributed by atoms with E-state index in [9.17, 15) is 14.7 Å². The van der Waals surface area contributed by atoms with Crippen molar-refractivity contribution < 1.29 is 24.2 Å². The summed E-state index contributed by atoms with van der Waals surface area (Å²) in [6.45, 7) is 6.74. The van der Waals surface area contributed by atoms with E-state index in [0.717, 1.165) is 109 Å². The molecular formula is C45H52O5. The van der Waals surface area contributed by atoms with Gasteiger partial charge in [-0.3, -0.25) is 0 Å². The van der Waals surface area contributed by atoms with Gasteiger partial charge in [0.1, 0.15) is 17.3 Å². The van der Waals surface area contributed by atoms with Gasteiger partial charge in [-0.25, -0.2) is 9.59 Å². The summed E-state index contributed by atoms with van der Waals surface area (Å²) in [6, 6.07) is 15.8. The van der Waals surface area contributed by atoms with Crippen LogP contribution in [0.3, 0.4) is 0 Å². The molecule has 0 amide bonds. The zero-order valence-electron chi connectivity index (χ0n) is 30.0. The van der Waals surface area contributed by atoms with Gasteiger partial charge in [-0.2, -0.15) is 0 Å². The van der Waals surface area contributed by atoms with Gasteiger partial charge in [0, 0.05) is 17.1 Å². The first-order chi connectivity index (χ1) is 24.3. The summed E-state index contributed by atoms with van der Waals surface area (Å²) in [5, 5.41) is 10.9. The monoisotopic (exact) mass is 672 g/mol. The van der Waals surface area contributed by atoms with Crippen molar-refractivity contribution in [1.82, 2.24) is 0 Å². The lowest BCUT2D eigenvalue weighted by Gasteiger charge is -2.56. The normalized spacial score (nSPS) is 29.6. The van der Waals surface area contributed by atoms with Crippen molar-refractivity contribution in [2.45, 2.75) is 104 Å². The second kappa shape index (κ2) is 13.4. The first-order valence-corrected chi connectivity index (χ1v) is 19.5. The fourth-order valence-corrected chi connectivity index (χ4v) is 10.8. The molecule has 3 fully saturated rings.